The van der Waals surface area contributed by atoms with Gasteiger partial charge in [0.15, 0.2) is 6.29 Å². The van der Waals surface area contributed by atoms with Crippen molar-refractivity contribution in [1.82, 2.24) is 0 Å². The summed E-state index contributed by atoms with van der Waals surface area (Å²) in [4.78, 5) is 11.3. The van der Waals surface area contributed by atoms with Crippen molar-refractivity contribution in [3.8, 4) is 0 Å². The molecule has 26 heavy (non-hydrogen) atoms. The van der Waals surface area contributed by atoms with E-state index in [1.54, 1.807) is 13.8 Å². The van der Waals surface area contributed by atoms with Crippen molar-refractivity contribution in [3.63, 3.8) is 0 Å². The van der Waals surface area contributed by atoms with E-state index in [2.05, 4.69) is 0 Å². The standard InChI is InChI=1S/C16H28O10/c1-3-9(18)24-5-8-11(20)12(21)13(22)15(25-8)26-16(6-17)4-7(2)10(19)14(16)23/h7-8,10-15,17,19-23H,3-6H2,1-2H3/t7?,8-,10-,11?,12+,13?,14?,15?,16+/m1/s1. The summed E-state index contributed by atoms with van der Waals surface area (Å²) < 4.78 is 15.9. The zero-order valence-electron chi connectivity index (χ0n) is 14.8. The molecule has 0 amide bonds. The van der Waals surface area contributed by atoms with Crippen molar-refractivity contribution >= 4 is 5.97 Å². The minimum absolute atomic E-state index is 0.0898. The Morgan fingerprint density at radius 2 is 1.77 bits per heavy atom. The predicted octanol–water partition coefficient (Wildman–Crippen LogP) is -2.74. The molecule has 1 saturated carbocycles. The first-order chi connectivity index (χ1) is 12.2. The van der Waals surface area contributed by atoms with E-state index >= 15 is 0 Å². The highest BCUT2D eigenvalue weighted by Gasteiger charge is 2.56. The second kappa shape index (κ2) is 8.44. The molecule has 2 aliphatic rings. The van der Waals surface area contributed by atoms with E-state index in [0.717, 1.165) is 0 Å². The third-order valence-electron chi connectivity index (χ3n) is 5.10. The Bertz CT molecular complexity index is 488. The van der Waals surface area contributed by atoms with E-state index in [1.807, 2.05) is 0 Å². The Hall–Kier alpha value is -0.850. The number of carbonyl (C=O) groups excluding carboxylic acids is 1. The Labute approximate surface area is 150 Å². The van der Waals surface area contributed by atoms with E-state index in [9.17, 15) is 35.4 Å². The number of rotatable bonds is 6. The molecule has 0 bridgehead atoms. The summed E-state index contributed by atoms with van der Waals surface area (Å²) in [6.45, 7) is 2.23. The summed E-state index contributed by atoms with van der Waals surface area (Å²) in [5, 5.41) is 60.1. The van der Waals surface area contributed by atoms with Gasteiger partial charge in [0, 0.05) is 6.42 Å². The molecular formula is C16H28O10. The second-order valence-electron chi connectivity index (χ2n) is 7.01. The van der Waals surface area contributed by atoms with Gasteiger partial charge in [-0.05, 0) is 12.3 Å². The number of hydrogen-bond donors (Lipinski definition) is 6. The van der Waals surface area contributed by atoms with Gasteiger partial charge >= 0.3 is 5.97 Å². The van der Waals surface area contributed by atoms with Crippen LogP contribution in [0.4, 0.5) is 0 Å². The fourth-order valence-electron chi connectivity index (χ4n) is 3.38. The van der Waals surface area contributed by atoms with Crippen LogP contribution in [0, 0.1) is 5.92 Å². The van der Waals surface area contributed by atoms with Gasteiger partial charge < -0.3 is 44.8 Å². The molecule has 0 aromatic carbocycles. The third kappa shape index (κ3) is 4.02. The lowest BCUT2D eigenvalue weighted by atomic mass is 9.96. The summed E-state index contributed by atoms with van der Waals surface area (Å²) >= 11 is 0. The maximum Gasteiger partial charge on any atom is 0.305 e. The Balaban J connectivity index is 2.12. The van der Waals surface area contributed by atoms with Crippen LogP contribution >= 0.6 is 0 Å². The van der Waals surface area contributed by atoms with Crippen molar-refractivity contribution in [2.75, 3.05) is 13.2 Å². The number of aliphatic hydroxyl groups is 6. The first-order valence-corrected chi connectivity index (χ1v) is 8.67. The maximum absolute atomic E-state index is 11.3. The molecule has 1 aliphatic carbocycles. The third-order valence-corrected chi connectivity index (χ3v) is 5.10. The highest BCUT2D eigenvalue weighted by Crippen LogP contribution is 2.40. The van der Waals surface area contributed by atoms with Gasteiger partial charge in [-0.15, -0.1) is 0 Å². The Kier molecular flexibility index (Phi) is 6.97. The summed E-state index contributed by atoms with van der Waals surface area (Å²) in [5.74, 6) is -0.913. The molecule has 2 rings (SSSR count). The topological polar surface area (TPSA) is 166 Å². The van der Waals surface area contributed by atoms with Crippen LogP contribution in [0.15, 0.2) is 0 Å². The average Bonchev–Trinajstić information content (AvgIpc) is 2.85. The molecule has 1 aliphatic heterocycles. The first kappa shape index (κ1) is 21.5. The number of hydrogen-bond acceptors (Lipinski definition) is 10. The van der Waals surface area contributed by atoms with Crippen LogP contribution < -0.4 is 0 Å². The fourth-order valence-corrected chi connectivity index (χ4v) is 3.38. The van der Waals surface area contributed by atoms with Crippen LogP contribution in [0.25, 0.3) is 0 Å². The van der Waals surface area contributed by atoms with Crippen LogP contribution in [0.2, 0.25) is 0 Å². The van der Waals surface area contributed by atoms with Gasteiger partial charge in [0.25, 0.3) is 0 Å². The van der Waals surface area contributed by atoms with Gasteiger partial charge in [0.2, 0.25) is 0 Å². The van der Waals surface area contributed by atoms with Crippen LogP contribution in [0.5, 0.6) is 0 Å². The molecule has 2 fully saturated rings. The largest absolute Gasteiger partial charge is 0.463 e. The summed E-state index contributed by atoms with van der Waals surface area (Å²) in [6, 6.07) is 0. The fraction of sp³-hybridized carbons (Fsp3) is 0.938. The molecule has 152 valence electrons. The lowest BCUT2D eigenvalue weighted by Gasteiger charge is -2.44. The number of esters is 1. The normalized spacial score (nSPS) is 46.3. The van der Waals surface area contributed by atoms with E-state index in [0.29, 0.717) is 0 Å². The summed E-state index contributed by atoms with van der Waals surface area (Å²) in [5.41, 5.74) is -1.60. The monoisotopic (exact) mass is 380 g/mol. The summed E-state index contributed by atoms with van der Waals surface area (Å²) in [7, 11) is 0. The lowest BCUT2D eigenvalue weighted by molar-refractivity contribution is -0.339. The number of aliphatic hydroxyl groups excluding tert-OH is 6. The molecule has 0 aromatic rings. The van der Waals surface area contributed by atoms with E-state index in [1.165, 1.54) is 0 Å². The van der Waals surface area contributed by atoms with E-state index < -0.39 is 61.1 Å². The molecule has 10 heteroatoms. The maximum atomic E-state index is 11.3. The zero-order valence-corrected chi connectivity index (χ0v) is 14.8. The molecular weight excluding hydrogens is 352 g/mol. The molecule has 0 spiro atoms. The molecule has 10 nitrogen and oxygen atoms in total. The quantitative estimate of drug-likeness (QED) is 0.266. The van der Waals surface area contributed by atoms with Crippen molar-refractivity contribution in [1.29, 1.82) is 0 Å². The van der Waals surface area contributed by atoms with Crippen LogP contribution in [-0.4, -0.2) is 98.3 Å². The lowest BCUT2D eigenvalue weighted by Crippen LogP contribution is -2.62. The highest BCUT2D eigenvalue weighted by molar-refractivity contribution is 5.68. The van der Waals surface area contributed by atoms with Crippen molar-refractivity contribution < 1.29 is 49.6 Å². The Morgan fingerprint density at radius 3 is 2.27 bits per heavy atom. The average molecular weight is 380 g/mol. The van der Waals surface area contributed by atoms with Gasteiger partial charge in [-0.3, -0.25) is 4.79 Å². The predicted molar refractivity (Wildman–Crippen MR) is 84.6 cm³/mol. The van der Waals surface area contributed by atoms with Crippen molar-refractivity contribution in [2.45, 2.75) is 75.2 Å². The molecule has 0 aromatic heterocycles. The van der Waals surface area contributed by atoms with Gasteiger partial charge in [-0.25, -0.2) is 0 Å². The molecule has 1 saturated heterocycles. The van der Waals surface area contributed by atoms with Crippen molar-refractivity contribution in [3.05, 3.63) is 0 Å². The van der Waals surface area contributed by atoms with Gasteiger partial charge in [-0.1, -0.05) is 13.8 Å². The summed E-state index contributed by atoms with van der Waals surface area (Å²) in [6.07, 6.45) is -9.92. The Morgan fingerprint density at radius 1 is 1.12 bits per heavy atom. The van der Waals surface area contributed by atoms with E-state index in [-0.39, 0.29) is 25.4 Å². The van der Waals surface area contributed by atoms with Gasteiger partial charge in [0.05, 0.1) is 12.7 Å². The minimum atomic E-state index is -1.67. The molecule has 5 unspecified atom stereocenters. The second-order valence-corrected chi connectivity index (χ2v) is 7.01. The SMILES string of the molecule is CCC(=O)OC[C@H]1OC(O[C@]2(CO)CC(C)[C@@H](O)C2O)C(O)[C@@H](O)C1O. The smallest absolute Gasteiger partial charge is 0.305 e. The molecule has 0 radical (unpaired) electrons. The van der Waals surface area contributed by atoms with Gasteiger partial charge in [-0.2, -0.15) is 0 Å². The highest BCUT2D eigenvalue weighted by atomic mass is 16.7. The minimum Gasteiger partial charge on any atom is -0.463 e. The molecule has 6 N–H and O–H groups in total. The number of carbonyl (C=O) groups is 1. The zero-order chi connectivity index (χ0) is 19.6. The van der Waals surface area contributed by atoms with Crippen LogP contribution in [0.3, 0.4) is 0 Å². The van der Waals surface area contributed by atoms with Crippen LogP contribution in [0.1, 0.15) is 26.7 Å². The first-order valence-electron chi connectivity index (χ1n) is 8.67. The molecule has 9 atom stereocenters. The molecule has 1 heterocycles. The van der Waals surface area contributed by atoms with Crippen molar-refractivity contribution in [2.24, 2.45) is 5.92 Å². The van der Waals surface area contributed by atoms with E-state index in [4.69, 9.17) is 14.2 Å². The van der Waals surface area contributed by atoms with Gasteiger partial charge in [0.1, 0.15) is 42.7 Å². The number of ether oxygens (including phenoxy) is 3. The van der Waals surface area contributed by atoms with Crippen LogP contribution in [-0.2, 0) is 19.0 Å².